The van der Waals surface area contributed by atoms with E-state index in [9.17, 15) is 5.11 Å². The van der Waals surface area contributed by atoms with Gasteiger partial charge in [0.25, 0.3) is 0 Å². The van der Waals surface area contributed by atoms with Crippen LogP contribution in [0, 0.1) is 0 Å². The van der Waals surface area contributed by atoms with Crippen LogP contribution in [0.2, 0.25) is 0 Å². The van der Waals surface area contributed by atoms with Gasteiger partial charge in [-0.2, -0.15) is 0 Å². The summed E-state index contributed by atoms with van der Waals surface area (Å²) in [5.74, 6) is 0.509. The van der Waals surface area contributed by atoms with Gasteiger partial charge in [0.15, 0.2) is 0 Å². The second-order valence-electron chi connectivity index (χ2n) is 6.40. The van der Waals surface area contributed by atoms with Crippen LogP contribution in [0.5, 0.6) is 0 Å². The molecule has 2 N–H and O–H groups in total. The molecule has 1 aromatic carbocycles. The van der Waals surface area contributed by atoms with Gasteiger partial charge in [0.05, 0.1) is 6.61 Å². The third-order valence-electron chi connectivity index (χ3n) is 4.03. The zero-order valence-electron chi connectivity index (χ0n) is 12.5. The largest absolute Gasteiger partial charge is 0.395 e. The molecule has 1 saturated heterocycles. The molecule has 1 fully saturated rings. The van der Waals surface area contributed by atoms with Gasteiger partial charge in [-0.15, -0.1) is 0 Å². The van der Waals surface area contributed by atoms with Crippen molar-refractivity contribution in [1.29, 1.82) is 0 Å². The Morgan fingerprint density at radius 2 is 2.05 bits per heavy atom. The number of nitrogens with zero attached hydrogens (tertiary/aromatic N) is 1. The average Bonchev–Trinajstić information content (AvgIpc) is 2.38. The molecule has 0 spiro atoms. The summed E-state index contributed by atoms with van der Waals surface area (Å²) in [4.78, 5) is 2.44. The Labute approximate surface area is 116 Å². The molecule has 3 nitrogen and oxygen atoms in total. The molecule has 0 radical (unpaired) electrons. The zero-order valence-corrected chi connectivity index (χ0v) is 12.5. The van der Waals surface area contributed by atoms with Gasteiger partial charge in [-0.1, -0.05) is 32.0 Å². The Hall–Kier alpha value is -1.06. The molecule has 0 aliphatic carbocycles. The van der Waals surface area contributed by atoms with Crippen molar-refractivity contribution in [1.82, 2.24) is 5.32 Å². The Bertz CT molecular complexity index is 429. The average molecular weight is 262 g/mol. The number of piperazine rings is 1. The fourth-order valence-electron chi connectivity index (χ4n) is 2.79. The van der Waals surface area contributed by atoms with Crippen LogP contribution in [0.4, 0.5) is 5.69 Å². The number of aliphatic hydroxyl groups is 1. The second kappa shape index (κ2) is 5.51. The van der Waals surface area contributed by atoms with Gasteiger partial charge in [0.2, 0.25) is 0 Å². The molecule has 1 heterocycles. The summed E-state index contributed by atoms with van der Waals surface area (Å²) in [6.45, 7) is 10.9. The molecule has 1 atom stereocenters. The van der Waals surface area contributed by atoms with E-state index in [1.54, 1.807) is 0 Å². The number of rotatable bonds is 3. The van der Waals surface area contributed by atoms with Gasteiger partial charge >= 0.3 is 0 Å². The first-order valence-electron chi connectivity index (χ1n) is 7.16. The van der Waals surface area contributed by atoms with Crippen molar-refractivity contribution in [3.63, 3.8) is 0 Å². The summed E-state index contributed by atoms with van der Waals surface area (Å²) in [6.07, 6.45) is 0. The number of nitrogens with one attached hydrogen (secondary N) is 1. The number of aliphatic hydroxyl groups excluding tert-OH is 1. The molecule has 0 amide bonds. The maximum absolute atomic E-state index is 9.42. The van der Waals surface area contributed by atoms with E-state index in [4.69, 9.17) is 0 Å². The second-order valence-corrected chi connectivity index (χ2v) is 6.40. The molecule has 0 bridgehead atoms. The van der Waals surface area contributed by atoms with Crippen LogP contribution < -0.4 is 10.2 Å². The molecule has 0 aromatic heterocycles. The minimum atomic E-state index is 0.0661. The van der Waals surface area contributed by atoms with Crippen LogP contribution in [-0.2, 0) is 0 Å². The molecule has 1 aliphatic rings. The first kappa shape index (κ1) is 14.4. The fourth-order valence-corrected chi connectivity index (χ4v) is 2.79. The number of para-hydroxylation sites is 1. The summed E-state index contributed by atoms with van der Waals surface area (Å²) in [7, 11) is 0. The standard InChI is InChI=1S/C16H26N2O/c1-12(2)14-7-5-6-8-15(14)18-9-13(10-19)17-11-16(18,3)4/h5-8,12-13,17,19H,9-11H2,1-4H3. The predicted octanol–water partition coefficient (Wildman–Crippen LogP) is 2.36. The zero-order chi connectivity index (χ0) is 14.0. The van der Waals surface area contributed by atoms with Crippen molar-refractivity contribution in [2.45, 2.75) is 45.2 Å². The van der Waals surface area contributed by atoms with Crippen molar-refractivity contribution >= 4 is 5.69 Å². The molecule has 1 aliphatic heterocycles. The lowest BCUT2D eigenvalue weighted by Crippen LogP contribution is -2.63. The monoisotopic (exact) mass is 262 g/mol. The summed E-state index contributed by atoms with van der Waals surface area (Å²) in [6, 6.07) is 8.79. The van der Waals surface area contributed by atoms with E-state index in [0.29, 0.717) is 5.92 Å². The minimum Gasteiger partial charge on any atom is -0.395 e. The van der Waals surface area contributed by atoms with Crippen molar-refractivity contribution in [2.75, 3.05) is 24.6 Å². The highest BCUT2D eigenvalue weighted by atomic mass is 16.3. The van der Waals surface area contributed by atoms with Crippen molar-refractivity contribution in [3.8, 4) is 0 Å². The highest BCUT2D eigenvalue weighted by Crippen LogP contribution is 2.33. The third kappa shape index (κ3) is 2.93. The van der Waals surface area contributed by atoms with E-state index in [1.165, 1.54) is 11.3 Å². The predicted molar refractivity (Wildman–Crippen MR) is 80.8 cm³/mol. The summed E-state index contributed by atoms with van der Waals surface area (Å²) in [5, 5.41) is 12.8. The topological polar surface area (TPSA) is 35.5 Å². The van der Waals surface area contributed by atoms with Crippen molar-refractivity contribution in [3.05, 3.63) is 29.8 Å². The summed E-state index contributed by atoms with van der Waals surface area (Å²) >= 11 is 0. The van der Waals surface area contributed by atoms with Gasteiger partial charge in [-0.25, -0.2) is 0 Å². The summed E-state index contributed by atoms with van der Waals surface area (Å²) < 4.78 is 0. The van der Waals surface area contributed by atoms with Gasteiger partial charge < -0.3 is 15.3 Å². The molecular weight excluding hydrogens is 236 g/mol. The van der Waals surface area contributed by atoms with Crippen LogP contribution in [0.1, 0.15) is 39.2 Å². The maximum atomic E-state index is 9.42. The van der Waals surface area contributed by atoms with Crippen molar-refractivity contribution < 1.29 is 5.11 Å². The van der Waals surface area contributed by atoms with Gasteiger partial charge in [-0.3, -0.25) is 0 Å². The molecule has 0 saturated carbocycles. The number of benzene rings is 1. The van der Waals surface area contributed by atoms with Crippen LogP contribution in [-0.4, -0.2) is 36.4 Å². The third-order valence-corrected chi connectivity index (χ3v) is 4.03. The highest BCUT2D eigenvalue weighted by Gasteiger charge is 2.34. The Balaban J connectivity index is 2.37. The first-order valence-corrected chi connectivity index (χ1v) is 7.16. The molecule has 1 aromatic rings. The Morgan fingerprint density at radius 3 is 2.68 bits per heavy atom. The highest BCUT2D eigenvalue weighted by molar-refractivity contribution is 5.57. The normalized spacial score (nSPS) is 22.8. The maximum Gasteiger partial charge on any atom is 0.0601 e. The van der Waals surface area contributed by atoms with Crippen LogP contribution >= 0.6 is 0 Å². The van der Waals surface area contributed by atoms with Gasteiger partial charge in [0, 0.05) is 30.4 Å². The van der Waals surface area contributed by atoms with Gasteiger partial charge in [0.1, 0.15) is 0 Å². The first-order chi connectivity index (χ1) is 8.95. The Kier molecular flexibility index (Phi) is 4.16. The fraction of sp³-hybridized carbons (Fsp3) is 0.625. The summed E-state index contributed by atoms with van der Waals surface area (Å²) in [5.41, 5.74) is 2.76. The van der Waals surface area contributed by atoms with Crippen molar-refractivity contribution in [2.24, 2.45) is 0 Å². The number of hydrogen-bond donors (Lipinski definition) is 2. The van der Waals surface area contributed by atoms with E-state index in [1.807, 2.05) is 0 Å². The lowest BCUT2D eigenvalue weighted by molar-refractivity contribution is 0.210. The van der Waals surface area contributed by atoms with E-state index in [-0.39, 0.29) is 18.2 Å². The van der Waals surface area contributed by atoms with E-state index >= 15 is 0 Å². The quantitative estimate of drug-likeness (QED) is 0.878. The molecule has 2 rings (SSSR count). The van der Waals surface area contributed by atoms with E-state index < -0.39 is 0 Å². The van der Waals surface area contributed by atoms with Crippen LogP contribution in [0.25, 0.3) is 0 Å². The van der Waals surface area contributed by atoms with E-state index in [0.717, 1.165) is 13.1 Å². The van der Waals surface area contributed by atoms with Gasteiger partial charge in [-0.05, 0) is 31.4 Å². The molecule has 3 heteroatoms. The van der Waals surface area contributed by atoms with Crippen LogP contribution in [0.3, 0.4) is 0 Å². The number of hydrogen-bond acceptors (Lipinski definition) is 3. The minimum absolute atomic E-state index is 0.0661. The molecule has 1 unspecified atom stereocenters. The van der Waals surface area contributed by atoms with Crippen LogP contribution in [0.15, 0.2) is 24.3 Å². The smallest absolute Gasteiger partial charge is 0.0601 e. The molecule has 106 valence electrons. The number of anilines is 1. The Morgan fingerprint density at radius 1 is 1.37 bits per heavy atom. The SMILES string of the molecule is CC(C)c1ccccc1N1CC(CO)NCC1(C)C. The lowest BCUT2D eigenvalue weighted by Gasteiger charge is -2.48. The molecular formula is C16H26N2O. The van der Waals surface area contributed by atoms with E-state index in [2.05, 4.69) is 62.2 Å². The lowest BCUT2D eigenvalue weighted by atomic mass is 9.93. The molecule has 19 heavy (non-hydrogen) atoms.